The molecular formula is C17H15FN4O. The van der Waals surface area contributed by atoms with Gasteiger partial charge in [0, 0.05) is 18.0 Å². The lowest BCUT2D eigenvalue weighted by atomic mass is 10.1. The molecule has 0 aliphatic carbocycles. The van der Waals surface area contributed by atoms with Crippen LogP contribution in [0.15, 0.2) is 54.9 Å². The lowest BCUT2D eigenvalue weighted by Gasteiger charge is -2.12. The Morgan fingerprint density at radius 1 is 1.17 bits per heavy atom. The molecule has 0 bridgehead atoms. The van der Waals surface area contributed by atoms with Crippen molar-refractivity contribution < 1.29 is 9.18 Å². The first-order valence-corrected chi connectivity index (χ1v) is 7.15. The number of rotatable bonds is 4. The largest absolute Gasteiger partial charge is 0.344 e. The number of amides is 1. The van der Waals surface area contributed by atoms with E-state index in [1.54, 1.807) is 30.6 Å². The van der Waals surface area contributed by atoms with Gasteiger partial charge in [-0.2, -0.15) is 5.10 Å². The number of hydrogen-bond donors (Lipinski definition) is 2. The fourth-order valence-electron chi connectivity index (χ4n) is 2.22. The Hall–Kier alpha value is -3.02. The smallest absolute Gasteiger partial charge is 0.269 e. The number of carbonyl (C=O) groups excluding carboxylic acids is 1. The van der Waals surface area contributed by atoms with E-state index in [4.69, 9.17) is 0 Å². The lowest BCUT2D eigenvalue weighted by molar-refractivity contribution is 0.0935. The second kappa shape index (κ2) is 6.39. The van der Waals surface area contributed by atoms with E-state index < -0.39 is 0 Å². The molecule has 2 N–H and O–H groups in total. The molecule has 3 rings (SSSR count). The van der Waals surface area contributed by atoms with Crippen LogP contribution in [0.25, 0.3) is 11.3 Å². The molecule has 0 aliphatic rings. The second-order valence-corrected chi connectivity index (χ2v) is 5.15. The predicted molar refractivity (Wildman–Crippen MR) is 84.1 cm³/mol. The second-order valence-electron chi connectivity index (χ2n) is 5.15. The fraction of sp³-hybridized carbons (Fsp3) is 0.118. The third-order valence-electron chi connectivity index (χ3n) is 3.52. The minimum absolute atomic E-state index is 0.150. The first kappa shape index (κ1) is 14.9. The minimum atomic E-state index is -0.312. The zero-order valence-corrected chi connectivity index (χ0v) is 12.5. The standard InChI is InChI=1S/C17H15FN4O/c1-11(12-6-8-19-9-7-12)20-17(23)16-10-15(21-22-16)13-2-4-14(18)5-3-13/h2-11H,1H3,(H,20,23)(H,21,22). The average molecular weight is 310 g/mol. The van der Waals surface area contributed by atoms with Gasteiger partial charge in [0.25, 0.3) is 5.91 Å². The monoisotopic (exact) mass is 310 g/mol. The summed E-state index contributed by atoms with van der Waals surface area (Å²) in [6, 6.07) is 11.1. The quantitative estimate of drug-likeness (QED) is 0.778. The number of carbonyl (C=O) groups is 1. The maximum Gasteiger partial charge on any atom is 0.269 e. The Kier molecular flexibility index (Phi) is 4.14. The lowest BCUT2D eigenvalue weighted by Crippen LogP contribution is -2.26. The molecule has 2 aromatic heterocycles. The Bertz CT molecular complexity index is 799. The molecule has 1 unspecified atom stereocenters. The molecule has 0 saturated heterocycles. The van der Waals surface area contributed by atoms with Crippen LogP contribution in [0.4, 0.5) is 4.39 Å². The van der Waals surface area contributed by atoms with Crippen molar-refractivity contribution in [3.8, 4) is 11.3 Å². The summed E-state index contributed by atoms with van der Waals surface area (Å²) in [5, 5.41) is 9.69. The number of nitrogens with zero attached hydrogens (tertiary/aromatic N) is 2. The van der Waals surface area contributed by atoms with Gasteiger partial charge in [0.1, 0.15) is 11.5 Å². The van der Waals surface area contributed by atoms with E-state index in [1.807, 2.05) is 19.1 Å². The van der Waals surface area contributed by atoms with Gasteiger partial charge in [0.15, 0.2) is 0 Å². The highest BCUT2D eigenvalue weighted by Crippen LogP contribution is 2.18. The zero-order valence-electron chi connectivity index (χ0n) is 12.5. The SMILES string of the molecule is CC(NC(=O)c1cc(-c2ccc(F)cc2)n[nH]1)c1ccncc1. The number of H-pyrrole nitrogens is 1. The molecule has 6 heteroatoms. The molecule has 116 valence electrons. The van der Waals surface area contributed by atoms with Crippen molar-refractivity contribution in [3.63, 3.8) is 0 Å². The van der Waals surface area contributed by atoms with Gasteiger partial charge >= 0.3 is 0 Å². The number of nitrogens with one attached hydrogen (secondary N) is 2. The number of aromatic nitrogens is 3. The van der Waals surface area contributed by atoms with Crippen molar-refractivity contribution in [2.24, 2.45) is 0 Å². The molecule has 3 aromatic rings. The Balaban J connectivity index is 1.72. The molecule has 1 aromatic carbocycles. The van der Waals surface area contributed by atoms with Crippen LogP contribution >= 0.6 is 0 Å². The van der Waals surface area contributed by atoms with Gasteiger partial charge < -0.3 is 5.32 Å². The third kappa shape index (κ3) is 3.42. The third-order valence-corrected chi connectivity index (χ3v) is 3.52. The summed E-state index contributed by atoms with van der Waals surface area (Å²) < 4.78 is 12.9. The van der Waals surface area contributed by atoms with E-state index in [0.717, 1.165) is 11.1 Å². The van der Waals surface area contributed by atoms with Gasteiger partial charge in [-0.3, -0.25) is 14.9 Å². The highest BCUT2D eigenvalue weighted by Gasteiger charge is 2.14. The molecule has 0 fully saturated rings. The number of aromatic amines is 1. The highest BCUT2D eigenvalue weighted by molar-refractivity contribution is 5.93. The molecule has 23 heavy (non-hydrogen) atoms. The molecule has 0 saturated carbocycles. The minimum Gasteiger partial charge on any atom is -0.344 e. The van der Waals surface area contributed by atoms with Crippen LogP contribution in [0.1, 0.15) is 29.0 Å². The zero-order chi connectivity index (χ0) is 16.2. The summed E-state index contributed by atoms with van der Waals surface area (Å²) in [5.41, 5.74) is 2.65. The average Bonchev–Trinajstić information content (AvgIpc) is 3.06. The van der Waals surface area contributed by atoms with E-state index in [-0.39, 0.29) is 17.8 Å². The van der Waals surface area contributed by atoms with Crippen molar-refractivity contribution in [3.05, 3.63) is 71.9 Å². The van der Waals surface area contributed by atoms with Crippen molar-refractivity contribution in [1.29, 1.82) is 0 Å². The topological polar surface area (TPSA) is 70.7 Å². The normalized spacial score (nSPS) is 11.9. The molecule has 0 radical (unpaired) electrons. The van der Waals surface area contributed by atoms with Crippen LogP contribution in [0, 0.1) is 5.82 Å². The van der Waals surface area contributed by atoms with Crippen LogP contribution in [-0.2, 0) is 0 Å². The van der Waals surface area contributed by atoms with Crippen LogP contribution in [0.2, 0.25) is 0 Å². The summed E-state index contributed by atoms with van der Waals surface area (Å²) in [7, 11) is 0. The number of pyridine rings is 1. The van der Waals surface area contributed by atoms with Gasteiger partial charge in [0.2, 0.25) is 0 Å². The van der Waals surface area contributed by atoms with Gasteiger partial charge in [-0.05, 0) is 55.0 Å². The van der Waals surface area contributed by atoms with Gasteiger partial charge in [0.05, 0.1) is 11.7 Å². The summed E-state index contributed by atoms with van der Waals surface area (Å²) in [5.74, 6) is -0.566. The van der Waals surface area contributed by atoms with Gasteiger partial charge in [-0.25, -0.2) is 4.39 Å². The highest BCUT2D eigenvalue weighted by atomic mass is 19.1. The van der Waals surface area contributed by atoms with Gasteiger partial charge in [-0.1, -0.05) is 0 Å². The molecule has 1 atom stereocenters. The Morgan fingerprint density at radius 3 is 2.57 bits per heavy atom. The van der Waals surface area contributed by atoms with Crippen LogP contribution in [0.3, 0.4) is 0 Å². The summed E-state index contributed by atoms with van der Waals surface area (Å²) in [6.07, 6.45) is 3.36. The molecular weight excluding hydrogens is 295 g/mol. The van der Waals surface area contributed by atoms with E-state index >= 15 is 0 Å². The van der Waals surface area contributed by atoms with Crippen molar-refractivity contribution in [1.82, 2.24) is 20.5 Å². The summed E-state index contributed by atoms with van der Waals surface area (Å²) in [4.78, 5) is 16.2. The molecule has 1 amide bonds. The van der Waals surface area contributed by atoms with Crippen LogP contribution in [-0.4, -0.2) is 21.1 Å². The number of benzene rings is 1. The molecule has 2 heterocycles. The van der Waals surface area contributed by atoms with Crippen LogP contribution < -0.4 is 5.32 Å². The van der Waals surface area contributed by atoms with Gasteiger partial charge in [-0.15, -0.1) is 0 Å². The fourth-order valence-corrected chi connectivity index (χ4v) is 2.22. The number of hydrogen-bond acceptors (Lipinski definition) is 3. The molecule has 0 aliphatic heterocycles. The molecule has 0 spiro atoms. The summed E-state index contributed by atoms with van der Waals surface area (Å²) >= 11 is 0. The first-order chi connectivity index (χ1) is 11.1. The predicted octanol–water partition coefficient (Wildman–Crippen LogP) is 3.10. The maximum absolute atomic E-state index is 12.9. The van der Waals surface area contributed by atoms with E-state index in [9.17, 15) is 9.18 Å². The van der Waals surface area contributed by atoms with Crippen molar-refractivity contribution in [2.45, 2.75) is 13.0 Å². The maximum atomic E-state index is 12.9. The van der Waals surface area contributed by atoms with E-state index in [2.05, 4.69) is 20.5 Å². The van der Waals surface area contributed by atoms with Crippen LogP contribution in [0.5, 0.6) is 0 Å². The first-order valence-electron chi connectivity index (χ1n) is 7.15. The molecule has 5 nitrogen and oxygen atoms in total. The summed E-state index contributed by atoms with van der Waals surface area (Å²) in [6.45, 7) is 1.89. The van der Waals surface area contributed by atoms with Crippen molar-refractivity contribution >= 4 is 5.91 Å². The van der Waals surface area contributed by atoms with E-state index in [0.29, 0.717) is 11.4 Å². The Morgan fingerprint density at radius 2 is 1.87 bits per heavy atom. The Labute approximate surface area is 132 Å². The number of halogens is 1. The van der Waals surface area contributed by atoms with E-state index in [1.165, 1.54) is 12.1 Å². The van der Waals surface area contributed by atoms with Crippen molar-refractivity contribution in [2.75, 3.05) is 0 Å².